The molecule has 0 amide bonds. The first-order valence-corrected chi connectivity index (χ1v) is 10.1. The molecule has 0 aromatic heterocycles. The quantitative estimate of drug-likeness (QED) is 0.250. The van der Waals surface area contributed by atoms with Crippen LogP contribution >= 0.6 is 0 Å². The third-order valence-corrected chi connectivity index (χ3v) is 4.78. The highest BCUT2D eigenvalue weighted by Crippen LogP contribution is 2.32. The number of halogens is 5. The zero-order chi connectivity index (χ0) is 21.8. The number of nitrogens with zero attached hydrogens (tertiary/aromatic N) is 1. The van der Waals surface area contributed by atoms with Gasteiger partial charge in [-0.05, 0) is 37.7 Å². The third-order valence-electron chi connectivity index (χ3n) is 4.78. The number of hydrogen-bond acceptors (Lipinski definition) is 2. The molecule has 0 spiro atoms. The maximum Gasteiger partial charge on any atom is 0.417 e. The van der Waals surface area contributed by atoms with Crippen LogP contribution in [0.4, 0.5) is 22.0 Å². The average Bonchev–Trinajstić information content (AvgIpc) is 2.61. The highest BCUT2D eigenvalue weighted by atomic mass is 19.4. The normalized spacial score (nSPS) is 16.5. The summed E-state index contributed by atoms with van der Waals surface area (Å²) >= 11 is 0. The number of alkyl halides is 5. The second-order valence-corrected chi connectivity index (χ2v) is 7.17. The zero-order valence-electron chi connectivity index (χ0n) is 17.7. The van der Waals surface area contributed by atoms with Gasteiger partial charge in [0.1, 0.15) is 5.82 Å². The van der Waals surface area contributed by atoms with E-state index in [1.165, 1.54) is 6.92 Å². The molecule has 0 saturated heterocycles. The Kier molecular flexibility index (Phi) is 12.3. The summed E-state index contributed by atoms with van der Waals surface area (Å²) in [6, 6.07) is 0. The first-order chi connectivity index (χ1) is 13.0. The first-order valence-electron chi connectivity index (χ1n) is 10.1. The van der Waals surface area contributed by atoms with Gasteiger partial charge >= 0.3 is 6.18 Å². The summed E-state index contributed by atoms with van der Waals surface area (Å²) in [4.78, 5) is 3.92. The number of aliphatic imine (C=N–C) groups is 1. The molecule has 0 fully saturated rings. The molecule has 2 unspecified atom stereocenters. The van der Waals surface area contributed by atoms with Gasteiger partial charge in [0.15, 0.2) is 0 Å². The summed E-state index contributed by atoms with van der Waals surface area (Å²) in [6.07, 6.45) is 1.54. The maximum atomic E-state index is 13.8. The lowest BCUT2D eigenvalue weighted by atomic mass is 9.84. The molecular weight excluding hydrogens is 375 g/mol. The Morgan fingerprint density at radius 3 is 2.21 bits per heavy atom. The van der Waals surface area contributed by atoms with Crippen LogP contribution in [0.3, 0.4) is 0 Å². The van der Waals surface area contributed by atoms with Gasteiger partial charge in [0, 0.05) is 25.6 Å². The molecular formula is C21H35F5N2. The van der Waals surface area contributed by atoms with Gasteiger partial charge in [0.25, 0.3) is 0 Å². The molecule has 0 aliphatic rings. The van der Waals surface area contributed by atoms with Crippen molar-refractivity contribution >= 4 is 6.21 Å². The largest absolute Gasteiger partial charge is 0.417 e. The van der Waals surface area contributed by atoms with E-state index in [1.54, 1.807) is 19.9 Å². The molecule has 0 heterocycles. The number of allylic oxidation sites excluding steroid dienone is 3. The van der Waals surface area contributed by atoms with E-state index in [0.717, 1.165) is 31.6 Å². The number of rotatable bonds is 13. The topological polar surface area (TPSA) is 24.4 Å². The van der Waals surface area contributed by atoms with Crippen molar-refractivity contribution in [1.82, 2.24) is 5.32 Å². The van der Waals surface area contributed by atoms with Crippen LogP contribution in [0.2, 0.25) is 0 Å². The average molecular weight is 411 g/mol. The summed E-state index contributed by atoms with van der Waals surface area (Å²) in [5, 5.41) is 3.04. The predicted molar refractivity (Wildman–Crippen MR) is 107 cm³/mol. The smallest absolute Gasteiger partial charge is 0.370 e. The minimum Gasteiger partial charge on any atom is -0.370 e. The second-order valence-electron chi connectivity index (χ2n) is 7.17. The number of nitrogens with one attached hydrogen (secondary N) is 1. The molecule has 28 heavy (non-hydrogen) atoms. The van der Waals surface area contributed by atoms with Crippen molar-refractivity contribution in [2.45, 2.75) is 85.2 Å². The van der Waals surface area contributed by atoms with Crippen molar-refractivity contribution in [3.05, 3.63) is 23.5 Å². The van der Waals surface area contributed by atoms with Crippen LogP contribution in [0.5, 0.6) is 0 Å². The van der Waals surface area contributed by atoms with E-state index in [1.807, 2.05) is 13.8 Å². The SMILES string of the molecule is C\C=C(/N=C\C(=C/CC)C(F)(F)F)NCC(CCCC)C(C)CC(F)(F)CC. The van der Waals surface area contributed by atoms with Gasteiger partial charge in [-0.25, -0.2) is 13.8 Å². The van der Waals surface area contributed by atoms with E-state index in [4.69, 9.17) is 0 Å². The van der Waals surface area contributed by atoms with E-state index in [0.29, 0.717) is 12.4 Å². The van der Waals surface area contributed by atoms with Crippen LogP contribution in [0, 0.1) is 11.8 Å². The van der Waals surface area contributed by atoms with Gasteiger partial charge in [-0.1, -0.05) is 46.6 Å². The number of hydrogen-bond donors (Lipinski definition) is 1. The van der Waals surface area contributed by atoms with Crippen molar-refractivity contribution in [3.63, 3.8) is 0 Å². The van der Waals surface area contributed by atoms with Gasteiger partial charge in [-0.2, -0.15) is 13.2 Å². The molecule has 2 nitrogen and oxygen atoms in total. The summed E-state index contributed by atoms with van der Waals surface area (Å²) in [6.45, 7) is 9.02. The summed E-state index contributed by atoms with van der Waals surface area (Å²) < 4.78 is 66.4. The van der Waals surface area contributed by atoms with Crippen LogP contribution in [0.25, 0.3) is 0 Å². The lowest BCUT2D eigenvalue weighted by molar-refractivity contribution is -0.0858. The second kappa shape index (κ2) is 12.9. The Labute approximate surface area is 166 Å². The van der Waals surface area contributed by atoms with E-state index in [9.17, 15) is 22.0 Å². The Balaban J connectivity index is 5.09. The minimum atomic E-state index is -4.46. The first kappa shape index (κ1) is 26.6. The molecule has 0 aliphatic heterocycles. The highest BCUT2D eigenvalue weighted by Gasteiger charge is 2.33. The minimum absolute atomic E-state index is 0.00389. The summed E-state index contributed by atoms with van der Waals surface area (Å²) in [5.74, 6) is -2.60. The van der Waals surface area contributed by atoms with Crippen LogP contribution in [-0.4, -0.2) is 24.9 Å². The Morgan fingerprint density at radius 1 is 1.11 bits per heavy atom. The molecule has 0 aromatic rings. The molecule has 2 atom stereocenters. The van der Waals surface area contributed by atoms with Crippen molar-refractivity contribution < 1.29 is 22.0 Å². The molecule has 164 valence electrons. The van der Waals surface area contributed by atoms with E-state index in [2.05, 4.69) is 10.3 Å². The Hall–Kier alpha value is -1.40. The fraction of sp³-hybridized carbons (Fsp3) is 0.762. The molecule has 0 radical (unpaired) electrons. The van der Waals surface area contributed by atoms with E-state index in [-0.39, 0.29) is 31.1 Å². The molecule has 1 N–H and O–H groups in total. The van der Waals surface area contributed by atoms with Crippen molar-refractivity contribution in [1.29, 1.82) is 0 Å². The Morgan fingerprint density at radius 2 is 1.75 bits per heavy atom. The molecule has 0 rings (SSSR count). The third kappa shape index (κ3) is 10.8. The van der Waals surface area contributed by atoms with Gasteiger partial charge in [-0.3, -0.25) is 0 Å². The standard InChI is InChI=1S/C21H35F5N2/c1-6-10-12-17(16(5)13-20(22,23)9-4)14-27-19(8-3)28-15-18(11-7-2)21(24,25)26/h8,11,15-17,27H,6-7,9-10,12-14H2,1-5H3/b18-11+,19-8-,28-15-. The highest BCUT2D eigenvalue weighted by molar-refractivity contribution is 5.80. The molecule has 0 saturated carbocycles. The van der Waals surface area contributed by atoms with Crippen molar-refractivity contribution in [3.8, 4) is 0 Å². The monoisotopic (exact) mass is 410 g/mol. The Bertz CT molecular complexity index is 521. The van der Waals surface area contributed by atoms with Crippen LogP contribution in [-0.2, 0) is 0 Å². The van der Waals surface area contributed by atoms with Gasteiger partial charge < -0.3 is 5.32 Å². The van der Waals surface area contributed by atoms with Crippen LogP contribution < -0.4 is 5.32 Å². The summed E-state index contributed by atoms with van der Waals surface area (Å²) in [5.41, 5.74) is -0.797. The predicted octanol–water partition coefficient (Wildman–Crippen LogP) is 7.28. The number of unbranched alkanes of at least 4 members (excludes halogenated alkanes) is 1. The maximum absolute atomic E-state index is 13.8. The lowest BCUT2D eigenvalue weighted by Crippen LogP contribution is -2.30. The fourth-order valence-electron chi connectivity index (χ4n) is 2.89. The lowest BCUT2D eigenvalue weighted by Gasteiger charge is -2.28. The van der Waals surface area contributed by atoms with E-state index < -0.39 is 17.7 Å². The van der Waals surface area contributed by atoms with Crippen molar-refractivity contribution in [2.75, 3.05) is 6.54 Å². The van der Waals surface area contributed by atoms with E-state index >= 15 is 0 Å². The van der Waals surface area contributed by atoms with Gasteiger partial charge in [-0.15, -0.1) is 0 Å². The van der Waals surface area contributed by atoms with Gasteiger partial charge in [0.05, 0.1) is 5.57 Å². The van der Waals surface area contributed by atoms with Crippen LogP contribution in [0.15, 0.2) is 28.5 Å². The van der Waals surface area contributed by atoms with Crippen LogP contribution in [0.1, 0.15) is 73.1 Å². The molecule has 0 aliphatic carbocycles. The molecule has 0 bridgehead atoms. The fourth-order valence-corrected chi connectivity index (χ4v) is 2.89. The summed E-state index contributed by atoms with van der Waals surface area (Å²) in [7, 11) is 0. The van der Waals surface area contributed by atoms with Gasteiger partial charge in [0.2, 0.25) is 5.92 Å². The molecule has 7 heteroatoms. The van der Waals surface area contributed by atoms with Crippen molar-refractivity contribution in [2.24, 2.45) is 16.8 Å². The molecule has 0 aromatic carbocycles. The zero-order valence-corrected chi connectivity index (χ0v) is 17.7.